The van der Waals surface area contributed by atoms with Crippen LogP contribution in [0.1, 0.15) is 0 Å². The van der Waals surface area contributed by atoms with Crippen molar-refractivity contribution in [3.63, 3.8) is 0 Å². The summed E-state index contributed by atoms with van der Waals surface area (Å²) in [6.45, 7) is 0. The van der Waals surface area contributed by atoms with Gasteiger partial charge in [0.1, 0.15) is 0 Å². The number of hydrogen-bond acceptors (Lipinski definition) is 0. The Labute approximate surface area is 60.5 Å². The van der Waals surface area contributed by atoms with E-state index in [1.165, 1.54) is 0 Å². The van der Waals surface area contributed by atoms with Gasteiger partial charge in [0.05, 0.1) is 0 Å². The summed E-state index contributed by atoms with van der Waals surface area (Å²) in [7, 11) is 0. The van der Waals surface area contributed by atoms with Gasteiger partial charge in [0.15, 0.2) is 0 Å². The molecule has 0 amide bonds. The SMILES string of the molecule is [Mn+2].[Ni].[O-2].[Ti]. The summed E-state index contributed by atoms with van der Waals surface area (Å²) < 4.78 is 0. The summed E-state index contributed by atoms with van der Waals surface area (Å²) in [4.78, 5) is 0. The largest absolute Gasteiger partial charge is 2.00 e. The van der Waals surface area contributed by atoms with Gasteiger partial charge in [-0.25, -0.2) is 0 Å². The summed E-state index contributed by atoms with van der Waals surface area (Å²) in [5, 5.41) is 0. The van der Waals surface area contributed by atoms with Crippen molar-refractivity contribution in [2.24, 2.45) is 0 Å². The Morgan fingerprint density at radius 3 is 1.00 bits per heavy atom. The maximum absolute atomic E-state index is 0. The van der Waals surface area contributed by atoms with Gasteiger partial charge in [0.25, 0.3) is 0 Å². The van der Waals surface area contributed by atoms with Crippen molar-refractivity contribution in [3.8, 4) is 0 Å². The van der Waals surface area contributed by atoms with Crippen LogP contribution in [0.2, 0.25) is 0 Å². The van der Waals surface area contributed by atoms with E-state index < -0.39 is 0 Å². The minimum absolute atomic E-state index is 0. The summed E-state index contributed by atoms with van der Waals surface area (Å²) in [6, 6.07) is 0. The second kappa shape index (κ2) is 22.4. The molecule has 0 saturated carbocycles. The Bertz CT molecular complexity index is 8.00. The van der Waals surface area contributed by atoms with Crippen LogP contribution in [0.4, 0.5) is 0 Å². The monoisotopic (exact) mass is 177 g/mol. The van der Waals surface area contributed by atoms with Gasteiger partial charge in [-0.2, -0.15) is 0 Å². The van der Waals surface area contributed by atoms with E-state index in [4.69, 9.17) is 0 Å². The quantitative estimate of drug-likeness (QED) is 0.462. The molecule has 4 heteroatoms. The fourth-order valence-corrected chi connectivity index (χ4v) is 0. The molecule has 1 nitrogen and oxygen atoms in total. The zero-order chi connectivity index (χ0) is 0. The molecule has 0 rings (SSSR count). The number of hydrogen-bond donors (Lipinski definition) is 0. The molecule has 0 spiro atoms. The molecular formula is MnNiOTi. The minimum Gasteiger partial charge on any atom is -2.00 e. The van der Waals surface area contributed by atoms with Crippen LogP contribution in [0, 0.1) is 0 Å². The number of rotatable bonds is 0. The predicted octanol–water partition coefficient (Wildman–Crippen LogP) is -0.126. The summed E-state index contributed by atoms with van der Waals surface area (Å²) >= 11 is 0. The van der Waals surface area contributed by atoms with Crippen LogP contribution < -0.4 is 0 Å². The van der Waals surface area contributed by atoms with Gasteiger partial charge >= 0.3 is 17.1 Å². The molecule has 0 aliphatic heterocycles. The molecule has 0 aliphatic carbocycles. The van der Waals surface area contributed by atoms with E-state index in [1.54, 1.807) is 0 Å². The van der Waals surface area contributed by atoms with E-state index in [9.17, 15) is 0 Å². The van der Waals surface area contributed by atoms with Crippen molar-refractivity contribution in [1.82, 2.24) is 0 Å². The van der Waals surface area contributed by atoms with Crippen molar-refractivity contribution in [3.05, 3.63) is 0 Å². The van der Waals surface area contributed by atoms with Gasteiger partial charge in [0, 0.05) is 38.2 Å². The average Bonchev–Trinajstić information content (AvgIpc) is 0. The molecule has 0 fully saturated rings. The fourth-order valence-electron chi connectivity index (χ4n) is 0. The second-order valence-electron chi connectivity index (χ2n) is 0. The smallest absolute Gasteiger partial charge is 2.00 e. The molecular weight excluding hydrogens is 177 g/mol. The van der Waals surface area contributed by atoms with Crippen LogP contribution in [0.15, 0.2) is 0 Å². The van der Waals surface area contributed by atoms with Crippen molar-refractivity contribution >= 4 is 0 Å². The molecule has 0 aromatic heterocycles. The van der Waals surface area contributed by atoms with E-state index in [-0.39, 0.29) is 60.8 Å². The third-order valence-corrected chi connectivity index (χ3v) is 0. The maximum Gasteiger partial charge on any atom is 2.00 e. The average molecular weight is 177 g/mol. The molecule has 0 unspecified atom stereocenters. The fraction of sp³-hybridized carbons (Fsp3) is 0. The first-order chi connectivity index (χ1) is 0. The van der Waals surface area contributed by atoms with Crippen LogP contribution in [0.5, 0.6) is 0 Å². The predicted molar refractivity (Wildman–Crippen MR) is 0.686 cm³/mol. The Hall–Kier alpha value is 1.69. The van der Waals surface area contributed by atoms with Crippen molar-refractivity contribution in [2.75, 3.05) is 0 Å². The molecule has 1 radical (unpaired) electrons. The molecule has 0 saturated heterocycles. The third-order valence-electron chi connectivity index (χ3n) is 0. The molecule has 0 bridgehead atoms. The topological polar surface area (TPSA) is 28.5 Å². The molecule has 0 N–H and O–H groups in total. The first kappa shape index (κ1) is 43.9. The molecule has 0 heterocycles. The standard InChI is InChI=1S/Mn.Ni.O.Ti/q+2;;-2;. The van der Waals surface area contributed by atoms with E-state index in [0.717, 1.165) is 0 Å². The molecule has 0 aromatic carbocycles. The van der Waals surface area contributed by atoms with Gasteiger partial charge in [-0.3, -0.25) is 0 Å². The minimum atomic E-state index is 0. The van der Waals surface area contributed by atoms with Crippen LogP contribution in [-0.2, 0) is 60.8 Å². The van der Waals surface area contributed by atoms with Gasteiger partial charge in [-0.1, -0.05) is 0 Å². The molecule has 0 aliphatic rings. The van der Waals surface area contributed by atoms with Crippen LogP contribution in [0.3, 0.4) is 0 Å². The maximum atomic E-state index is 0. The van der Waals surface area contributed by atoms with Gasteiger partial charge in [-0.15, -0.1) is 0 Å². The van der Waals surface area contributed by atoms with Crippen LogP contribution >= 0.6 is 0 Å². The molecule has 0 aromatic rings. The van der Waals surface area contributed by atoms with E-state index >= 15 is 0 Å². The Morgan fingerprint density at radius 2 is 1.00 bits per heavy atom. The third kappa shape index (κ3) is 9.35. The van der Waals surface area contributed by atoms with E-state index in [2.05, 4.69) is 0 Å². The van der Waals surface area contributed by atoms with Gasteiger partial charge < -0.3 is 5.48 Å². The first-order valence-corrected chi connectivity index (χ1v) is 0. The van der Waals surface area contributed by atoms with Crippen LogP contribution in [-0.4, -0.2) is 0 Å². The van der Waals surface area contributed by atoms with E-state index in [0.29, 0.717) is 0 Å². The molecule has 27 valence electrons. The summed E-state index contributed by atoms with van der Waals surface area (Å²) in [5.41, 5.74) is 0. The van der Waals surface area contributed by atoms with Crippen molar-refractivity contribution < 1.29 is 60.8 Å². The molecule has 0 atom stereocenters. The zero-order valence-electron chi connectivity index (χ0n) is 1.60. The Balaban J connectivity index is 0. The van der Waals surface area contributed by atoms with E-state index in [1.807, 2.05) is 0 Å². The summed E-state index contributed by atoms with van der Waals surface area (Å²) in [6.07, 6.45) is 0. The van der Waals surface area contributed by atoms with Crippen molar-refractivity contribution in [2.45, 2.75) is 0 Å². The molecule has 4 heavy (non-hydrogen) atoms. The van der Waals surface area contributed by atoms with Crippen LogP contribution in [0.25, 0.3) is 0 Å². The second-order valence-corrected chi connectivity index (χ2v) is 0. The van der Waals surface area contributed by atoms with Gasteiger partial charge in [0.2, 0.25) is 0 Å². The normalized spacial score (nSPS) is 0. The van der Waals surface area contributed by atoms with Crippen molar-refractivity contribution in [1.29, 1.82) is 0 Å². The zero-order valence-corrected chi connectivity index (χ0v) is 5.33. The van der Waals surface area contributed by atoms with Gasteiger partial charge in [-0.05, 0) is 0 Å². The Morgan fingerprint density at radius 1 is 1.00 bits per heavy atom. The summed E-state index contributed by atoms with van der Waals surface area (Å²) in [5.74, 6) is 0. The first-order valence-electron chi connectivity index (χ1n) is 0. The Kier molecular flexibility index (Phi) is 246.